The Hall–Kier alpha value is -6.62. The predicted molar refractivity (Wildman–Crippen MR) is 232 cm³/mol. The van der Waals surface area contributed by atoms with Crippen LogP contribution in [0.1, 0.15) is 25.0 Å². The Balaban J connectivity index is 1.09. The molecular formula is C51H33NO2S. The highest BCUT2D eigenvalue weighted by Crippen LogP contribution is 2.52. The van der Waals surface area contributed by atoms with E-state index in [9.17, 15) is 0 Å². The maximum atomic E-state index is 6.73. The maximum Gasteiger partial charge on any atom is 0.137 e. The Morgan fingerprint density at radius 3 is 2.05 bits per heavy atom. The first kappa shape index (κ1) is 30.8. The zero-order valence-electron chi connectivity index (χ0n) is 30.3. The average molecular weight is 724 g/mol. The SMILES string of the molecule is CC1(C)c2ccccc2-c2ccc(N(c3ccc4c(c3)sc3ccccc34)c3cccc4oc5cc6c(cc5c34)oc3cc(-c4ccccc4)ccc36)cc21. The Kier molecular flexibility index (Phi) is 6.27. The van der Waals surface area contributed by atoms with E-state index in [1.165, 1.54) is 48.0 Å². The van der Waals surface area contributed by atoms with E-state index in [-0.39, 0.29) is 5.41 Å². The molecule has 0 saturated heterocycles. The lowest BCUT2D eigenvalue weighted by Gasteiger charge is -2.28. The van der Waals surface area contributed by atoms with Gasteiger partial charge in [0.05, 0.1) is 11.1 Å². The molecule has 0 fully saturated rings. The molecule has 1 aliphatic carbocycles. The van der Waals surface area contributed by atoms with Crippen LogP contribution in [0.15, 0.2) is 173 Å². The molecule has 0 N–H and O–H groups in total. The Morgan fingerprint density at radius 1 is 0.436 bits per heavy atom. The average Bonchev–Trinajstić information content (AvgIpc) is 3.95. The molecule has 0 unspecified atom stereocenters. The Labute approximate surface area is 321 Å². The molecule has 4 heteroatoms. The largest absolute Gasteiger partial charge is 0.456 e. The fraction of sp³-hybridized carbons (Fsp3) is 0.0588. The van der Waals surface area contributed by atoms with Crippen LogP contribution in [0.25, 0.3) is 86.3 Å². The van der Waals surface area contributed by atoms with Gasteiger partial charge in [-0.1, -0.05) is 111 Å². The van der Waals surface area contributed by atoms with Crippen molar-refractivity contribution in [2.75, 3.05) is 4.90 Å². The summed E-state index contributed by atoms with van der Waals surface area (Å²) < 4.78 is 15.9. The van der Waals surface area contributed by atoms with E-state index in [4.69, 9.17) is 8.83 Å². The summed E-state index contributed by atoms with van der Waals surface area (Å²) in [5.74, 6) is 0. The lowest BCUT2D eigenvalue weighted by atomic mass is 9.82. The third kappa shape index (κ3) is 4.43. The molecule has 0 amide bonds. The van der Waals surface area contributed by atoms with Crippen LogP contribution < -0.4 is 4.90 Å². The summed E-state index contributed by atoms with van der Waals surface area (Å²) in [6.45, 7) is 4.70. The zero-order valence-corrected chi connectivity index (χ0v) is 31.1. The molecule has 12 rings (SSSR count). The summed E-state index contributed by atoms with van der Waals surface area (Å²) in [5, 5.41) is 6.80. The molecular weight excluding hydrogens is 691 g/mol. The molecule has 3 nitrogen and oxygen atoms in total. The third-order valence-electron chi connectivity index (χ3n) is 11.9. The first-order chi connectivity index (χ1) is 27.0. The second-order valence-electron chi connectivity index (χ2n) is 15.3. The van der Waals surface area contributed by atoms with Crippen molar-refractivity contribution >= 4 is 92.4 Å². The van der Waals surface area contributed by atoms with Crippen LogP contribution in [-0.2, 0) is 5.41 Å². The van der Waals surface area contributed by atoms with Gasteiger partial charge in [-0.25, -0.2) is 0 Å². The number of benzene rings is 8. The number of rotatable bonds is 4. The van der Waals surface area contributed by atoms with Gasteiger partial charge in [0.1, 0.15) is 22.3 Å². The number of furan rings is 2. The smallest absolute Gasteiger partial charge is 0.137 e. The molecule has 55 heavy (non-hydrogen) atoms. The normalized spacial score (nSPS) is 13.4. The number of nitrogens with zero attached hydrogens (tertiary/aromatic N) is 1. The van der Waals surface area contributed by atoms with Gasteiger partial charge >= 0.3 is 0 Å². The van der Waals surface area contributed by atoms with Crippen molar-refractivity contribution in [2.45, 2.75) is 19.3 Å². The van der Waals surface area contributed by atoms with Gasteiger partial charge in [-0.2, -0.15) is 0 Å². The van der Waals surface area contributed by atoms with Crippen molar-refractivity contribution < 1.29 is 8.83 Å². The molecule has 0 atom stereocenters. The van der Waals surface area contributed by atoms with Crippen molar-refractivity contribution in [3.63, 3.8) is 0 Å². The zero-order chi connectivity index (χ0) is 36.4. The van der Waals surface area contributed by atoms with Crippen LogP contribution in [0.4, 0.5) is 17.1 Å². The molecule has 0 spiro atoms. The van der Waals surface area contributed by atoms with Gasteiger partial charge in [-0.15, -0.1) is 11.3 Å². The second-order valence-corrected chi connectivity index (χ2v) is 16.4. The molecule has 0 radical (unpaired) electrons. The van der Waals surface area contributed by atoms with Crippen LogP contribution >= 0.6 is 11.3 Å². The molecule has 0 bridgehead atoms. The lowest BCUT2D eigenvalue weighted by molar-refractivity contribution is 0.660. The van der Waals surface area contributed by atoms with Crippen LogP contribution in [0.5, 0.6) is 0 Å². The van der Waals surface area contributed by atoms with Crippen molar-refractivity contribution in [3.05, 3.63) is 175 Å². The summed E-state index contributed by atoms with van der Waals surface area (Å²) in [6, 6.07) is 59.2. The van der Waals surface area contributed by atoms with Gasteiger partial charge < -0.3 is 13.7 Å². The minimum atomic E-state index is -0.134. The van der Waals surface area contributed by atoms with Crippen molar-refractivity contribution in [2.24, 2.45) is 0 Å². The fourth-order valence-electron chi connectivity index (χ4n) is 9.18. The highest BCUT2D eigenvalue weighted by molar-refractivity contribution is 7.25. The van der Waals surface area contributed by atoms with Gasteiger partial charge in [-0.3, -0.25) is 0 Å². The summed E-state index contributed by atoms with van der Waals surface area (Å²) >= 11 is 1.85. The topological polar surface area (TPSA) is 29.5 Å². The molecule has 3 heterocycles. The first-order valence-corrected chi connectivity index (χ1v) is 19.6. The fourth-order valence-corrected chi connectivity index (χ4v) is 10.3. The van der Waals surface area contributed by atoms with E-state index in [0.717, 1.165) is 66.5 Å². The standard InChI is InChI=1S/C51H33NO2S/c1-51(2)41-15-8-6-13-34(41)35-23-20-32(26-42(35)51)52(33-21-24-38-37-14-7-9-18-48(37)55-49(38)27-33)43-16-10-17-44-50(43)40-29-46-39(28-47(40)53-44)36-22-19-31(25-45(36)54-46)30-11-4-3-5-12-30/h3-29H,1-2H3. The monoisotopic (exact) mass is 723 g/mol. The number of thiophene rings is 1. The molecule has 11 aromatic rings. The first-order valence-electron chi connectivity index (χ1n) is 18.8. The van der Waals surface area contributed by atoms with Gasteiger partial charge in [0.15, 0.2) is 0 Å². The highest BCUT2D eigenvalue weighted by Gasteiger charge is 2.36. The van der Waals surface area contributed by atoms with Crippen molar-refractivity contribution in [1.82, 2.24) is 0 Å². The Bertz CT molecular complexity index is 3360. The highest BCUT2D eigenvalue weighted by atomic mass is 32.1. The molecule has 0 saturated carbocycles. The maximum absolute atomic E-state index is 6.73. The summed E-state index contributed by atoms with van der Waals surface area (Å²) in [5.41, 5.74) is 14.2. The number of hydrogen-bond acceptors (Lipinski definition) is 4. The van der Waals surface area contributed by atoms with E-state index in [2.05, 4.69) is 176 Å². The van der Waals surface area contributed by atoms with Crippen LogP contribution in [0, 0.1) is 0 Å². The van der Waals surface area contributed by atoms with Crippen molar-refractivity contribution in [1.29, 1.82) is 0 Å². The van der Waals surface area contributed by atoms with Gasteiger partial charge in [0.25, 0.3) is 0 Å². The minimum Gasteiger partial charge on any atom is -0.456 e. The molecule has 8 aromatic carbocycles. The van der Waals surface area contributed by atoms with E-state index in [1.807, 2.05) is 17.4 Å². The number of hydrogen-bond donors (Lipinski definition) is 0. The van der Waals surface area contributed by atoms with E-state index in [1.54, 1.807) is 0 Å². The van der Waals surface area contributed by atoms with E-state index >= 15 is 0 Å². The molecule has 260 valence electrons. The summed E-state index contributed by atoms with van der Waals surface area (Å²) in [4.78, 5) is 2.43. The van der Waals surface area contributed by atoms with Gasteiger partial charge in [-0.05, 0) is 100 Å². The minimum absolute atomic E-state index is 0.134. The summed E-state index contributed by atoms with van der Waals surface area (Å²) in [7, 11) is 0. The molecule has 3 aromatic heterocycles. The predicted octanol–water partition coefficient (Wildman–Crippen LogP) is 15.3. The molecule has 1 aliphatic rings. The third-order valence-corrected chi connectivity index (χ3v) is 13.0. The lowest BCUT2D eigenvalue weighted by Crippen LogP contribution is -2.16. The summed E-state index contributed by atoms with van der Waals surface area (Å²) in [6.07, 6.45) is 0. The van der Waals surface area contributed by atoms with Crippen LogP contribution in [0.3, 0.4) is 0 Å². The van der Waals surface area contributed by atoms with Crippen LogP contribution in [0.2, 0.25) is 0 Å². The number of anilines is 3. The number of fused-ring (bicyclic) bond motifs is 12. The quantitative estimate of drug-likeness (QED) is 0.181. The van der Waals surface area contributed by atoms with Crippen LogP contribution in [-0.4, -0.2) is 0 Å². The van der Waals surface area contributed by atoms with E-state index in [0.29, 0.717) is 0 Å². The Morgan fingerprint density at radius 2 is 1.13 bits per heavy atom. The van der Waals surface area contributed by atoms with E-state index < -0.39 is 0 Å². The van der Waals surface area contributed by atoms with Gasteiger partial charge in [0, 0.05) is 53.1 Å². The van der Waals surface area contributed by atoms with Gasteiger partial charge in [0.2, 0.25) is 0 Å². The van der Waals surface area contributed by atoms with Crippen molar-refractivity contribution in [3.8, 4) is 22.3 Å². The second kappa shape index (κ2) is 11.2. The molecule has 0 aliphatic heterocycles.